The topological polar surface area (TPSA) is 213 Å². The number of guanidine groups is 2. The zero-order valence-corrected chi connectivity index (χ0v) is 20.2. The summed E-state index contributed by atoms with van der Waals surface area (Å²) in [6.45, 7) is 1.18. The van der Waals surface area contributed by atoms with E-state index in [0.29, 0.717) is 34.7 Å². The van der Waals surface area contributed by atoms with Crippen LogP contribution in [-0.4, -0.2) is 35.0 Å². The van der Waals surface area contributed by atoms with Crippen LogP contribution in [0.15, 0.2) is 30.3 Å². The molecule has 182 valence electrons. The van der Waals surface area contributed by atoms with Crippen LogP contribution in [-0.2, 0) is 12.8 Å². The molecule has 34 heavy (non-hydrogen) atoms. The van der Waals surface area contributed by atoms with E-state index in [1.54, 1.807) is 0 Å². The Labute approximate surface area is 203 Å². The van der Waals surface area contributed by atoms with Crippen molar-refractivity contribution in [3.8, 4) is 0 Å². The standard InChI is InChI=1S/C20H28N10O2S2/c21-17(22)29-19-27-11(9-33-19)5-1-3-7-25-13-14(16(32)15(13)31)26-8-4-2-6-12-10-34-20(28-12)30-18(23)24/h9-10,25-26H,1-8H2,(H4,21,22,27,29)(H4,23,24,28,30). The molecule has 0 aliphatic rings. The molecule has 3 aromatic rings. The van der Waals surface area contributed by atoms with Crippen molar-refractivity contribution < 1.29 is 0 Å². The second kappa shape index (κ2) is 12.1. The average molecular weight is 505 g/mol. The van der Waals surface area contributed by atoms with Crippen molar-refractivity contribution in [1.29, 1.82) is 0 Å². The fourth-order valence-corrected chi connectivity index (χ4v) is 4.64. The van der Waals surface area contributed by atoms with E-state index in [0.717, 1.165) is 49.9 Å². The molecule has 0 radical (unpaired) electrons. The highest BCUT2D eigenvalue weighted by Crippen LogP contribution is 2.21. The maximum Gasteiger partial charge on any atom is 0.253 e. The number of hydrogen-bond acceptors (Lipinski definition) is 10. The lowest BCUT2D eigenvalue weighted by molar-refractivity contribution is 0.747. The number of aliphatic imine (C=N–C) groups is 2. The van der Waals surface area contributed by atoms with Gasteiger partial charge < -0.3 is 33.6 Å². The monoisotopic (exact) mass is 504 g/mol. The molecule has 12 nitrogen and oxygen atoms in total. The van der Waals surface area contributed by atoms with Crippen LogP contribution in [0.5, 0.6) is 0 Å². The highest BCUT2D eigenvalue weighted by atomic mass is 32.1. The van der Waals surface area contributed by atoms with Gasteiger partial charge >= 0.3 is 0 Å². The normalized spacial score (nSPS) is 10.8. The van der Waals surface area contributed by atoms with Gasteiger partial charge in [-0.05, 0) is 38.5 Å². The van der Waals surface area contributed by atoms with Crippen LogP contribution in [0.3, 0.4) is 0 Å². The molecule has 0 aliphatic carbocycles. The first kappa shape index (κ1) is 25.1. The van der Waals surface area contributed by atoms with E-state index in [1.807, 2.05) is 10.8 Å². The van der Waals surface area contributed by atoms with E-state index in [-0.39, 0.29) is 11.9 Å². The van der Waals surface area contributed by atoms with Crippen LogP contribution in [0.1, 0.15) is 37.1 Å². The molecule has 10 N–H and O–H groups in total. The van der Waals surface area contributed by atoms with E-state index in [1.165, 1.54) is 22.7 Å². The molecular formula is C20H28N10O2S2. The van der Waals surface area contributed by atoms with Crippen molar-refractivity contribution in [2.45, 2.75) is 38.5 Å². The molecule has 1 aromatic carbocycles. The van der Waals surface area contributed by atoms with Gasteiger partial charge in [0, 0.05) is 23.8 Å². The summed E-state index contributed by atoms with van der Waals surface area (Å²) in [6, 6.07) is 0. The van der Waals surface area contributed by atoms with Crippen molar-refractivity contribution in [2.24, 2.45) is 32.9 Å². The minimum Gasteiger partial charge on any atom is -0.380 e. The van der Waals surface area contributed by atoms with E-state index >= 15 is 0 Å². The third-order valence-electron chi connectivity index (χ3n) is 4.76. The van der Waals surface area contributed by atoms with Gasteiger partial charge in [-0.1, -0.05) is 0 Å². The minimum absolute atomic E-state index is 0.0138. The van der Waals surface area contributed by atoms with Gasteiger partial charge in [-0.15, -0.1) is 22.7 Å². The SMILES string of the molecule is NC(N)=Nc1nc(CCCCNc2c(NCCCCc3csc(N=C(N)N)n3)c(=O)c2=O)cs1. The lowest BCUT2D eigenvalue weighted by atomic mass is 10.1. The van der Waals surface area contributed by atoms with E-state index < -0.39 is 10.9 Å². The molecule has 0 amide bonds. The summed E-state index contributed by atoms with van der Waals surface area (Å²) in [4.78, 5) is 40.3. The van der Waals surface area contributed by atoms with Crippen molar-refractivity contribution in [3.05, 3.63) is 42.6 Å². The van der Waals surface area contributed by atoms with Crippen LogP contribution in [0.4, 0.5) is 21.6 Å². The van der Waals surface area contributed by atoms with Crippen molar-refractivity contribution in [1.82, 2.24) is 9.97 Å². The van der Waals surface area contributed by atoms with Gasteiger partial charge in [0.1, 0.15) is 11.4 Å². The minimum atomic E-state index is -0.474. The number of anilines is 2. The lowest BCUT2D eigenvalue weighted by Gasteiger charge is -2.14. The Bertz CT molecular complexity index is 1120. The number of unbranched alkanes of at least 4 members (excludes halogenated alkanes) is 2. The molecular weight excluding hydrogens is 476 g/mol. The van der Waals surface area contributed by atoms with E-state index in [9.17, 15) is 9.59 Å². The summed E-state index contributed by atoms with van der Waals surface area (Å²) < 4.78 is 0. The average Bonchev–Trinajstić information content (AvgIpc) is 3.41. The number of hydrogen-bond donors (Lipinski definition) is 6. The molecule has 0 fully saturated rings. The Kier molecular flexibility index (Phi) is 8.93. The van der Waals surface area contributed by atoms with Crippen molar-refractivity contribution in [2.75, 3.05) is 23.7 Å². The summed E-state index contributed by atoms with van der Waals surface area (Å²) in [6.07, 6.45) is 4.95. The summed E-state index contributed by atoms with van der Waals surface area (Å²) in [5.41, 5.74) is 23.0. The highest BCUT2D eigenvalue weighted by Gasteiger charge is 2.19. The molecule has 0 aliphatic heterocycles. The van der Waals surface area contributed by atoms with Crippen LogP contribution in [0.2, 0.25) is 0 Å². The molecule has 14 heteroatoms. The fourth-order valence-electron chi connectivity index (χ4n) is 3.16. The molecule has 0 saturated carbocycles. The van der Waals surface area contributed by atoms with Crippen LogP contribution < -0.4 is 44.4 Å². The smallest absolute Gasteiger partial charge is 0.253 e. The van der Waals surface area contributed by atoms with Gasteiger partial charge in [-0.3, -0.25) is 9.59 Å². The first-order valence-corrected chi connectivity index (χ1v) is 12.5. The first-order valence-electron chi connectivity index (χ1n) is 10.7. The Balaban J connectivity index is 1.34. The van der Waals surface area contributed by atoms with Gasteiger partial charge in [-0.25, -0.2) is 9.97 Å². The summed E-state index contributed by atoms with van der Waals surface area (Å²) in [5, 5.41) is 11.1. The van der Waals surface area contributed by atoms with Gasteiger partial charge in [0.05, 0.1) is 11.4 Å². The lowest BCUT2D eigenvalue weighted by Crippen LogP contribution is -2.37. The van der Waals surface area contributed by atoms with E-state index in [2.05, 4.69) is 30.6 Å². The predicted octanol–water partition coefficient (Wildman–Crippen LogP) is 0.875. The summed E-state index contributed by atoms with van der Waals surface area (Å²) in [7, 11) is 0. The zero-order chi connectivity index (χ0) is 24.5. The first-order chi connectivity index (χ1) is 16.3. The third-order valence-corrected chi connectivity index (χ3v) is 6.33. The second-order valence-electron chi connectivity index (χ2n) is 7.49. The number of nitrogens with one attached hydrogen (secondary N) is 2. The summed E-state index contributed by atoms with van der Waals surface area (Å²) in [5.74, 6) is -0.0276. The quantitative estimate of drug-likeness (QED) is 0.0788. The van der Waals surface area contributed by atoms with Crippen LogP contribution in [0, 0.1) is 0 Å². The largest absolute Gasteiger partial charge is 0.380 e. The van der Waals surface area contributed by atoms with Gasteiger partial charge in [0.25, 0.3) is 10.9 Å². The molecule has 0 unspecified atom stereocenters. The number of aromatic nitrogens is 2. The predicted molar refractivity (Wildman–Crippen MR) is 139 cm³/mol. The Morgan fingerprint density at radius 3 is 1.53 bits per heavy atom. The Hall–Kier alpha value is -3.52. The Morgan fingerprint density at radius 2 is 1.15 bits per heavy atom. The molecule has 0 spiro atoms. The van der Waals surface area contributed by atoms with Crippen LogP contribution in [0.25, 0.3) is 0 Å². The molecule has 3 rings (SSSR count). The molecule has 0 bridgehead atoms. The fraction of sp³-hybridized carbons (Fsp3) is 0.400. The van der Waals surface area contributed by atoms with Gasteiger partial charge in [0.2, 0.25) is 10.3 Å². The number of aryl methyl sites for hydroxylation is 2. The third kappa shape index (κ3) is 7.25. The number of nitrogens with zero attached hydrogens (tertiary/aromatic N) is 4. The van der Waals surface area contributed by atoms with Gasteiger partial charge in [-0.2, -0.15) is 9.98 Å². The Morgan fingerprint density at radius 1 is 0.735 bits per heavy atom. The van der Waals surface area contributed by atoms with Gasteiger partial charge in [0.15, 0.2) is 11.9 Å². The molecule has 0 saturated heterocycles. The number of thiazole rings is 2. The molecule has 0 atom stereocenters. The molecule has 2 heterocycles. The van der Waals surface area contributed by atoms with Crippen molar-refractivity contribution in [3.63, 3.8) is 0 Å². The number of rotatable bonds is 14. The number of nitrogens with two attached hydrogens (primary N) is 4. The molecule has 2 aromatic heterocycles. The maximum atomic E-state index is 11.9. The van der Waals surface area contributed by atoms with E-state index in [4.69, 9.17) is 22.9 Å². The van der Waals surface area contributed by atoms with Crippen LogP contribution >= 0.6 is 22.7 Å². The van der Waals surface area contributed by atoms with Crippen molar-refractivity contribution >= 4 is 56.2 Å². The maximum absolute atomic E-state index is 11.9. The highest BCUT2D eigenvalue weighted by molar-refractivity contribution is 7.13. The summed E-state index contributed by atoms with van der Waals surface area (Å²) >= 11 is 2.77. The second-order valence-corrected chi connectivity index (χ2v) is 9.17. The zero-order valence-electron chi connectivity index (χ0n) is 18.5.